The average molecular weight is 1330 g/mol. The summed E-state index contributed by atoms with van der Waals surface area (Å²) < 4.78 is 38.5. The third kappa shape index (κ3) is 16.0. The minimum Gasteiger partial charge on any atom is -0.508 e. The average Bonchev–Trinajstić information content (AvgIpc) is 0.884. The van der Waals surface area contributed by atoms with Crippen molar-refractivity contribution < 1.29 is 103 Å². The summed E-state index contributed by atoms with van der Waals surface area (Å²) in [6.07, 6.45) is -15.0. The molecule has 29 heteroatoms. The smallest absolute Gasteiger partial charge is 0.318 e. The Hall–Kier alpha value is -7.90. The number of nitrogens with two attached hydrogens (primary N) is 2. The van der Waals surface area contributed by atoms with E-state index in [0.29, 0.717) is 12.0 Å². The van der Waals surface area contributed by atoms with E-state index in [9.17, 15) is 65.1 Å². The molecule has 6 aliphatic heterocycles. The number of carbonyl (C=O) groups is 6. The molecule has 5 aromatic rings. The van der Waals surface area contributed by atoms with Crippen molar-refractivity contribution in [3.05, 3.63) is 117 Å². The summed E-state index contributed by atoms with van der Waals surface area (Å²) in [5.74, 6) is -11.6. The maximum Gasteiger partial charge on any atom is 0.318 e. The van der Waals surface area contributed by atoms with Crippen LogP contribution in [0.3, 0.4) is 0 Å². The monoisotopic (exact) mass is 1330 g/mol. The number of hydrogen-bond acceptors (Lipinski definition) is 22. The van der Waals surface area contributed by atoms with E-state index in [-0.39, 0.29) is 81.1 Å². The number of aliphatic carboxylic acids is 1. The van der Waals surface area contributed by atoms with Crippen LogP contribution in [0, 0.1) is 5.92 Å². The zero-order valence-corrected chi connectivity index (χ0v) is 52.3. The SMILES string of the molecule is CC(C)CCC(=O)NC1CNC(CC(N)=O)C(=O)NC2C(=O)NCc3ccc(O)c(c3)-c3c(O)cc(O)cc3C(C(=O)O)C(=O)CCc3ccc(c(Cl)c3)Oc3cc2cc(c3OC2OC(CO)C(O)C(O)C2OC2CC(C)(N)C(O)C(C)O2)Oc2ccc(cc2Cl)C1O. The minimum atomic E-state index is -2.04. The van der Waals surface area contributed by atoms with Crippen LogP contribution in [0.25, 0.3) is 11.1 Å². The van der Waals surface area contributed by atoms with Crippen molar-refractivity contribution in [1.82, 2.24) is 21.3 Å². The van der Waals surface area contributed by atoms with Crippen molar-refractivity contribution in [3.63, 3.8) is 0 Å². The first-order chi connectivity index (χ1) is 44.0. The van der Waals surface area contributed by atoms with E-state index >= 15 is 9.59 Å². The van der Waals surface area contributed by atoms with Gasteiger partial charge in [0, 0.05) is 55.1 Å². The van der Waals surface area contributed by atoms with Crippen LogP contribution in [0.1, 0.15) is 106 Å². The molecule has 93 heavy (non-hydrogen) atoms. The van der Waals surface area contributed by atoms with E-state index < -0.39 is 186 Å². The number of carboxylic acid groups (broad SMARTS) is 1. The maximum absolute atomic E-state index is 15.4. The van der Waals surface area contributed by atoms with Gasteiger partial charge in [0.25, 0.3) is 0 Å². The molecule has 4 amide bonds. The fourth-order valence-corrected chi connectivity index (χ4v) is 12.0. The Morgan fingerprint density at radius 3 is 2.13 bits per heavy atom. The Morgan fingerprint density at radius 1 is 0.817 bits per heavy atom. The van der Waals surface area contributed by atoms with E-state index in [0.717, 1.165) is 12.1 Å². The molecule has 6 heterocycles. The number of fused-ring (bicyclic) bond motifs is 15. The Morgan fingerprint density at radius 2 is 1.49 bits per heavy atom. The van der Waals surface area contributed by atoms with Crippen LogP contribution in [-0.4, -0.2) is 161 Å². The number of carboxylic acids is 1. The van der Waals surface area contributed by atoms with E-state index in [1.54, 1.807) is 6.92 Å². The van der Waals surface area contributed by atoms with Gasteiger partial charge in [-0.25, -0.2) is 0 Å². The van der Waals surface area contributed by atoms with Gasteiger partial charge in [-0.05, 0) is 115 Å². The number of amides is 4. The van der Waals surface area contributed by atoms with Crippen LogP contribution < -0.4 is 46.9 Å². The molecule has 0 saturated carbocycles. The first kappa shape index (κ1) is 69.4. The molecule has 0 aromatic heterocycles. The normalized spacial score (nSPS) is 27.8. The molecule has 5 aromatic carbocycles. The van der Waals surface area contributed by atoms with E-state index in [1.807, 2.05) is 13.8 Å². The largest absolute Gasteiger partial charge is 0.508 e. The van der Waals surface area contributed by atoms with Gasteiger partial charge in [0.15, 0.2) is 29.7 Å². The molecule has 11 rings (SSSR count). The number of aliphatic hydroxyl groups excluding tert-OH is 5. The number of hydrogen-bond donors (Lipinski definition) is 15. The zero-order valence-electron chi connectivity index (χ0n) is 50.8. The number of rotatable bonds is 12. The number of phenols is 3. The number of Topliss-reactive ketones (excluding diaryl/α,β-unsaturated/α-hetero) is 1. The van der Waals surface area contributed by atoms with Gasteiger partial charge in [-0.15, -0.1) is 0 Å². The highest BCUT2D eigenvalue weighted by atomic mass is 35.5. The summed E-state index contributed by atoms with van der Waals surface area (Å²) in [5.41, 5.74) is 10.4. The van der Waals surface area contributed by atoms with Crippen molar-refractivity contribution in [2.24, 2.45) is 17.4 Å². The summed E-state index contributed by atoms with van der Waals surface area (Å²) in [6, 6.07) is 11.6. The summed E-state index contributed by atoms with van der Waals surface area (Å²) in [5, 5.41) is 112. The van der Waals surface area contributed by atoms with Crippen molar-refractivity contribution >= 4 is 58.6 Å². The third-order valence-corrected chi connectivity index (χ3v) is 17.2. The molecule has 0 spiro atoms. The van der Waals surface area contributed by atoms with Gasteiger partial charge < -0.3 is 107 Å². The van der Waals surface area contributed by atoms with Crippen LogP contribution in [0.2, 0.25) is 10.0 Å². The third-order valence-electron chi connectivity index (χ3n) is 16.6. The number of aromatic hydroxyl groups is 3. The lowest BCUT2D eigenvalue weighted by Crippen LogP contribution is -2.64. The number of nitrogens with one attached hydrogen (secondary N) is 4. The molecule has 14 unspecified atom stereocenters. The molecule has 27 nitrogen and oxygen atoms in total. The second kappa shape index (κ2) is 29.2. The molecule has 9 bridgehead atoms. The van der Waals surface area contributed by atoms with Gasteiger partial charge in [0.2, 0.25) is 35.7 Å². The standard InChI is InChI=1S/C64H74Cl2N6O21/c1-27(2)5-14-49(79)71-39-25-69-38(22-48(67)78)60(84)72-53-32-18-45(89-43-12-8-29(16-36(43)65)6-11-41(76)52(62(86)87)35-20-33(74)21-42(77)51(35)34-15-30(7-10-40(34)75)24-70-61(53)85)57(46(19-32)90-44-13-9-31(54(39)80)17-37(44)66)93-63-58(56(82)55(81)47(26-73)91-63)92-50-23-64(4,68)59(83)28(3)88-50/h7-10,12-13,15-21,27-28,38-39,47,50,52-56,58-59,63,69,73-75,77,80-83H,5-6,11,14,22-26,68H2,1-4H3,(H2,67,78)(H,70,85)(H,71,79)(H,72,84)(H,86,87). The lowest BCUT2D eigenvalue weighted by atomic mass is 9.84. The Balaban J connectivity index is 1.27. The molecular weight excluding hydrogens is 1260 g/mol. The van der Waals surface area contributed by atoms with E-state index in [2.05, 4.69) is 21.3 Å². The Kier molecular flexibility index (Phi) is 21.8. The minimum absolute atomic E-state index is 0.0452. The second-order valence-corrected chi connectivity index (χ2v) is 25.0. The predicted molar refractivity (Wildman–Crippen MR) is 330 cm³/mol. The summed E-state index contributed by atoms with van der Waals surface area (Å²) in [4.78, 5) is 84.1. The molecule has 14 atom stereocenters. The number of halogens is 2. The van der Waals surface area contributed by atoms with Crippen LogP contribution in [0.5, 0.6) is 46.0 Å². The predicted octanol–water partition coefficient (Wildman–Crippen LogP) is 3.74. The van der Waals surface area contributed by atoms with Gasteiger partial charge in [-0.3, -0.25) is 28.8 Å². The fourth-order valence-electron chi connectivity index (χ4n) is 11.5. The quantitative estimate of drug-likeness (QED) is 0.0791. The number of phenolic OH excluding ortho intramolecular Hbond substituents is 3. The van der Waals surface area contributed by atoms with Crippen molar-refractivity contribution in [2.45, 2.75) is 158 Å². The lowest BCUT2D eigenvalue weighted by molar-refractivity contribution is -0.333. The van der Waals surface area contributed by atoms with Gasteiger partial charge >= 0.3 is 5.97 Å². The number of ether oxygens (including phenoxy) is 6. The first-order valence-electron chi connectivity index (χ1n) is 29.9. The number of benzene rings is 5. The highest BCUT2D eigenvalue weighted by Gasteiger charge is 2.51. The van der Waals surface area contributed by atoms with Gasteiger partial charge in [-0.1, -0.05) is 55.2 Å². The number of primary amides is 1. The lowest BCUT2D eigenvalue weighted by Gasteiger charge is -2.47. The van der Waals surface area contributed by atoms with Crippen molar-refractivity contribution in [3.8, 4) is 57.1 Å². The van der Waals surface area contributed by atoms with Crippen molar-refractivity contribution in [2.75, 3.05) is 13.2 Å². The van der Waals surface area contributed by atoms with Gasteiger partial charge in [0.05, 0.1) is 47.4 Å². The second-order valence-electron chi connectivity index (χ2n) is 24.2. The Labute approximate surface area is 542 Å². The van der Waals surface area contributed by atoms with Crippen molar-refractivity contribution in [1.29, 1.82) is 0 Å². The fraction of sp³-hybridized carbons (Fsp3) is 0.438. The highest BCUT2D eigenvalue weighted by molar-refractivity contribution is 6.32. The zero-order chi connectivity index (χ0) is 67.5. The van der Waals surface area contributed by atoms with Crippen LogP contribution in [0.15, 0.2) is 78.9 Å². The highest BCUT2D eigenvalue weighted by Crippen LogP contribution is 2.49. The van der Waals surface area contributed by atoms with Gasteiger partial charge in [-0.2, -0.15) is 0 Å². The molecule has 2 fully saturated rings. The first-order valence-corrected chi connectivity index (χ1v) is 30.7. The van der Waals surface area contributed by atoms with Crippen LogP contribution in [-0.2, 0) is 55.9 Å². The van der Waals surface area contributed by atoms with E-state index in [4.69, 9.17) is 63.1 Å². The number of ketones is 1. The maximum atomic E-state index is 15.4. The van der Waals surface area contributed by atoms with Crippen LogP contribution in [0.4, 0.5) is 0 Å². The topological polar surface area (TPSA) is 440 Å². The summed E-state index contributed by atoms with van der Waals surface area (Å²) in [7, 11) is 0. The van der Waals surface area contributed by atoms with Gasteiger partial charge in [0.1, 0.15) is 65.1 Å². The molecule has 0 radical (unpaired) electrons. The number of aryl methyl sites for hydroxylation is 1. The summed E-state index contributed by atoms with van der Waals surface area (Å²) in [6.45, 7) is 5.16. The molecule has 2 saturated heterocycles. The molecule has 0 aliphatic carbocycles. The molecule has 6 aliphatic rings. The Bertz CT molecular complexity index is 3650. The number of carbonyl (C=O) groups excluding carboxylic acids is 5. The summed E-state index contributed by atoms with van der Waals surface area (Å²) >= 11 is 14.1. The molecular formula is C64H74Cl2N6O21. The van der Waals surface area contributed by atoms with Crippen LogP contribution >= 0.6 is 23.2 Å². The van der Waals surface area contributed by atoms with E-state index in [1.165, 1.54) is 73.7 Å². The molecule has 17 N–H and O–H groups in total. The molecule has 500 valence electrons. The number of aliphatic hydroxyl groups is 5.